The third-order valence-electron chi connectivity index (χ3n) is 2.98. The number of carboxylic acid groups (broad SMARTS) is 1. The van der Waals surface area contributed by atoms with Gasteiger partial charge in [-0.25, -0.2) is 0 Å². The molecule has 0 spiro atoms. The van der Waals surface area contributed by atoms with Crippen LogP contribution in [0.15, 0.2) is 10.6 Å². The van der Waals surface area contributed by atoms with Crippen LogP contribution in [0.2, 0.25) is 0 Å². The van der Waals surface area contributed by atoms with Crippen LogP contribution in [0.5, 0.6) is 0 Å². The van der Waals surface area contributed by atoms with E-state index in [9.17, 15) is 9.59 Å². The zero-order valence-corrected chi connectivity index (χ0v) is 9.47. The fourth-order valence-electron chi connectivity index (χ4n) is 2.07. The quantitative estimate of drug-likeness (QED) is 0.818. The maximum absolute atomic E-state index is 11.7. The lowest BCUT2D eigenvalue weighted by molar-refractivity contribution is -0.141. The largest absolute Gasteiger partial charge is 0.481 e. The van der Waals surface area contributed by atoms with Crippen LogP contribution < -0.4 is 5.32 Å². The predicted molar refractivity (Wildman–Crippen MR) is 57.5 cm³/mol. The number of aliphatic carboxylic acids is 1. The minimum Gasteiger partial charge on any atom is -0.481 e. The first-order valence-corrected chi connectivity index (χ1v) is 5.53. The van der Waals surface area contributed by atoms with Gasteiger partial charge in [0.15, 0.2) is 5.69 Å². The fourth-order valence-corrected chi connectivity index (χ4v) is 2.07. The molecule has 0 aliphatic heterocycles. The van der Waals surface area contributed by atoms with Crippen molar-refractivity contribution < 1.29 is 19.2 Å². The first-order valence-electron chi connectivity index (χ1n) is 5.53. The average molecular weight is 238 g/mol. The van der Waals surface area contributed by atoms with Gasteiger partial charge in [-0.05, 0) is 26.2 Å². The van der Waals surface area contributed by atoms with Crippen molar-refractivity contribution in [3.05, 3.63) is 17.5 Å². The Balaban J connectivity index is 1.90. The number of hydrogen-bond acceptors (Lipinski definition) is 4. The molecule has 0 aromatic carbocycles. The van der Waals surface area contributed by atoms with Crippen LogP contribution in [0.1, 0.15) is 35.5 Å². The Morgan fingerprint density at radius 2 is 2.29 bits per heavy atom. The van der Waals surface area contributed by atoms with Crippen LogP contribution >= 0.6 is 0 Å². The van der Waals surface area contributed by atoms with E-state index in [0.29, 0.717) is 25.0 Å². The second-order valence-electron chi connectivity index (χ2n) is 4.34. The fraction of sp³-hybridized carbons (Fsp3) is 0.545. The molecule has 0 unspecified atom stereocenters. The summed E-state index contributed by atoms with van der Waals surface area (Å²) >= 11 is 0. The van der Waals surface area contributed by atoms with E-state index < -0.39 is 5.97 Å². The Morgan fingerprint density at radius 1 is 1.53 bits per heavy atom. The molecule has 1 aromatic heterocycles. The summed E-state index contributed by atoms with van der Waals surface area (Å²) in [5.41, 5.74) is 0.237. The highest BCUT2D eigenvalue weighted by atomic mass is 16.5. The number of amides is 1. The van der Waals surface area contributed by atoms with Crippen LogP contribution in [0.25, 0.3) is 0 Å². The number of nitrogens with one attached hydrogen (secondary N) is 1. The van der Waals surface area contributed by atoms with Crippen LogP contribution in [0, 0.1) is 12.8 Å². The van der Waals surface area contributed by atoms with Crippen LogP contribution in [0.4, 0.5) is 0 Å². The Bertz CT molecular complexity index is 440. The smallest absolute Gasteiger partial charge is 0.306 e. The van der Waals surface area contributed by atoms with Crippen LogP contribution in [-0.4, -0.2) is 28.2 Å². The van der Waals surface area contributed by atoms with Gasteiger partial charge in [-0.15, -0.1) is 0 Å². The van der Waals surface area contributed by atoms with Gasteiger partial charge >= 0.3 is 5.97 Å². The lowest BCUT2D eigenvalue weighted by Crippen LogP contribution is -2.33. The van der Waals surface area contributed by atoms with Crippen molar-refractivity contribution in [2.45, 2.75) is 32.2 Å². The van der Waals surface area contributed by atoms with E-state index in [4.69, 9.17) is 9.63 Å². The SMILES string of the molecule is Cc1cc(C(=O)N[C@@H]2CC[C@H](C(=O)O)C2)no1. The molecule has 1 aliphatic carbocycles. The standard InChI is InChI=1S/C11H14N2O4/c1-6-4-9(13-17-6)10(14)12-8-3-2-7(5-8)11(15)16/h4,7-8H,2-3,5H2,1H3,(H,12,14)(H,15,16)/t7-,8+/m0/s1. The van der Waals surface area contributed by atoms with Crippen LogP contribution in [0.3, 0.4) is 0 Å². The molecule has 2 N–H and O–H groups in total. The summed E-state index contributed by atoms with van der Waals surface area (Å²) in [5, 5.41) is 15.2. The molecule has 0 saturated heterocycles. The summed E-state index contributed by atoms with van der Waals surface area (Å²) < 4.78 is 4.80. The van der Waals surface area contributed by atoms with Crippen molar-refractivity contribution >= 4 is 11.9 Å². The topological polar surface area (TPSA) is 92.4 Å². The lowest BCUT2D eigenvalue weighted by atomic mass is 10.1. The number of hydrogen-bond donors (Lipinski definition) is 2. The Kier molecular flexibility index (Phi) is 3.12. The number of carbonyl (C=O) groups excluding carboxylic acids is 1. The van der Waals surface area contributed by atoms with Gasteiger partial charge in [0.2, 0.25) is 0 Å². The molecule has 1 aromatic rings. The first kappa shape index (κ1) is 11.6. The Morgan fingerprint density at radius 3 is 2.82 bits per heavy atom. The minimum atomic E-state index is -0.793. The molecule has 6 nitrogen and oxygen atoms in total. The number of aryl methyl sites for hydroxylation is 1. The number of aromatic nitrogens is 1. The molecule has 1 aliphatic rings. The van der Waals surface area contributed by atoms with Gasteiger partial charge in [-0.3, -0.25) is 9.59 Å². The summed E-state index contributed by atoms with van der Waals surface area (Å²) in [6.45, 7) is 1.71. The molecular formula is C11H14N2O4. The molecule has 2 rings (SSSR count). The Hall–Kier alpha value is -1.85. The highest BCUT2D eigenvalue weighted by molar-refractivity contribution is 5.92. The molecular weight excluding hydrogens is 224 g/mol. The minimum absolute atomic E-state index is 0.0828. The van der Waals surface area contributed by atoms with E-state index in [1.807, 2.05) is 0 Å². The summed E-state index contributed by atoms with van der Waals surface area (Å²) in [4.78, 5) is 22.5. The highest BCUT2D eigenvalue weighted by Crippen LogP contribution is 2.25. The van der Waals surface area contributed by atoms with Crippen molar-refractivity contribution in [3.63, 3.8) is 0 Å². The summed E-state index contributed by atoms with van der Waals surface area (Å²) in [7, 11) is 0. The van der Waals surface area contributed by atoms with E-state index in [-0.39, 0.29) is 23.6 Å². The molecule has 2 atom stereocenters. The van der Waals surface area contributed by atoms with Gasteiger partial charge in [0, 0.05) is 12.1 Å². The van der Waals surface area contributed by atoms with Gasteiger partial charge in [-0.1, -0.05) is 5.16 Å². The van der Waals surface area contributed by atoms with E-state index in [0.717, 1.165) is 0 Å². The second kappa shape index (κ2) is 4.57. The highest BCUT2D eigenvalue weighted by Gasteiger charge is 2.31. The molecule has 92 valence electrons. The van der Waals surface area contributed by atoms with Crippen molar-refractivity contribution in [1.29, 1.82) is 0 Å². The molecule has 0 bridgehead atoms. The summed E-state index contributed by atoms with van der Waals surface area (Å²) in [6.07, 6.45) is 1.79. The number of rotatable bonds is 3. The van der Waals surface area contributed by atoms with Gasteiger partial charge in [0.05, 0.1) is 5.92 Å². The molecule has 17 heavy (non-hydrogen) atoms. The van der Waals surface area contributed by atoms with Crippen molar-refractivity contribution in [2.24, 2.45) is 5.92 Å². The molecule has 1 amide bonds. The van der Waals surface area contributed by atoms with Gasteiger partial charge in [0.1, 0.15) is 5.76 Å². The molecule has 1 fully saturated rings. The van der Waals surface area contributed by atoms with Crippen molar-refractivity contribution in [2.75, 3.05) is 0 Å². The third-order valence-corrected chi connectivity index (χ3v) is 2.98. The van der Waals surface area contributed by atoms with Gasteiger partial charge in [-0.2, -0.15) is 0 Å². The number of nitrogens with zero attached hydrogens (tertiary/aromatic N) is 1. The zero-order valence-electron chi connectivity index (χ0n) is 9.47. The summed E-state index contributed by atoms with van der Waals surface area (Å²) in [6, 6.07) is 1.47. The van der Waals surface area contributed by atoms with E-state index in [2.05, 4.69) is 10.5 Å². The molecule has 0 radical (unpaired) electrons. The normalized spacial score (nSPS) is 23.6. The molecule has 1 saturated carbocycles. The van der Waals surface area contributed by atoms with Gasteiger partial charge in [0.25, 0.3) is 5.91 Å². The number of carboxylic acids is 1. The van der Waals surface area contributed by atoms with Crippen LogP contribution in [-0.2, 0) is 4.79 Å². The number of carbonyl (C=O) groups is 2. The van der Waals surface area contributed by atoms with E-state index in [1.165, 1.54) is 0 Å². The monoisotopic (exact) mass is 238 g/mol. The molecule has 6 heteroatoms. The zero-order chi connectivity index (χ0) is 12.4. The maximum atomic E-state index is 11.7. The second-order valence-corrected chi connectivity index (χ2v) is 4.34. The lowest BCUT2D eigenvalue weighted by Gasteiger charge is -2.10. The third kappa shape index (κ3) is 2.64. The summed E-state index contributed by atoms with van der Waals surface area (Å²) in [5.74, 6) is -0.874. The van der Waals surface area contributed by atoms with Gasteiger partial charge < -0.3 is 14.9 Å². The van der Waals surface area contributed by atoms with Crippen molar-refractivity contribution in [3.8, 4) is 0 Å². The molecule has 1 heterocycles. The predicted octanol–water partition coefficient (Wildman–Crippen LogP) is 0.966. The van der Waals surface area contributed by atoms with E-state index >= 15 is 0 Å². The Labute approximate surface area is 98.0 Å². The van der Waals surface area contributed by atoms with E-state index in [1.54, 1.807) is 13.0 Å². The first-order chi connectivity index (χ1) is 8.06. The maximum Gasteiger partial charge on any atom is 0.306 e. The van der Waals surface area contributed by atoms with Crippen molar-refractivity contribution in [1.82, 2.24) is 10.5 Å². The average Bonchev–Trinajstić information content (AvgIpc) is 2.86.